The molecule has 1 saturated heterocycles. The van der Waals surface area contributed by atoms with Crippen molar-refractivity contribution in [2.75, 3.05) is 13.2 Å². The molecule has 0 unspecified atom stereocenters. The molecule has 2 aliphatic carbocycles. The lowest BCUT2D eigenvalue weighted by Gasteiger charge is -2.62. The van der Waals surface area contributed by atoms with Crippen LogP contribution < -0.4 is 0 Å². The van der Waals surface area contributed by atoms with E-state index >= 15 is 0 Å². The Morgan fingerprint density at radius 1 is 1.36 bits per heavy atom. The molecular weight excluding hydrogens is 320 g/mol. The Labute approximate surface area is 150 Å². The summed E-state index contributed by atoms with van der Waals surface area (Å²) in [5, 5.41) is 29.4. The summed E-state index contributed by atoms with van der Waals surface area (Å²) in [6, 6.07) is 0. The highest BCUT2D eigenvalue weighted by molar-refractivity contribution is 5.80. The van der Waals surface area contributed by atoms with E-state index in [1.54, 1.807) is 0 Å². The number of hydrogen-bond donors (Lipinski definition) is 3. The van der Waals surface area contributed by atoms with Crippen LogP contribution in [0.25, 0.3) is 0 Å². The van der Waals surface area contributed by atoms with Crippen LogP contribution in [0.3, 0.4) is 0 Å². The van der Waals surface area contributed by atoms with Gasteiger partial charge in [-0.3, -0.25) is 0 Å². The van der Waals surface area contributed by atoms with Crippen LogP contribution in [0.15, 0.2) is 11.6 Å². The number of ether oxygens (including phenoxy) is 1. The highest BCUT2D eigenvalue weighted by Gasteiger charge is 2.70. The van der Waals surface area contributed by atoms with E-state index in [2.05, 4.69) is 20.8 Å². The van der Waals surface area contributed by atoms with Gasteiger partial charge < -0.3 is 20.1 Å². The Balaban J connectivity index is 1.87. The zero-order valence-corrected chi connectivity index (χ0v) is 15.6. The van der Waals surface area contributed by atoms with Crippen molar-refractivity contribution < 1.29 is 24.9 Å². The van der Waals surface area contributed by atoms with Crippen LogP contribution in [0.4, 0.5) is 0 Å². The summed E-state index contributed by atoms with van der Waals surface area (Å²) in [4.78, 5) is 10.9. The molecule has 0 bridgehead atoms. The molecule has 5 nitrogen and oxygen atoms in total. The summed E-state index contributed by atoms with van der Waals surface area (Å²) in [7, 11) is 0. The second kappa shape index (κ2) is 6.36. The maximum Gasteiger partial charge on any atom is 0.328 e. The molecule has 0 aromatic rings. The highest BCUT2D eigenvalue weighted by Crippen LogP contribution is 2.68. The Kier molecular flexibility index (Phi) is 4.80. The summed E-state index contributed by atoms with van der Waals surface area (Å²) < 4.78 is 5.92. The monoisotopic (exact) mass is 352 g/mol. The molecule has 3 N–H and O–H groups in total. The normalized spacial score (nSPS) is 46.8. The lowest BCUT2D eigenvalue weighted by atomic mass is 9.43. The van der Waals surface area contributed by atoms with Crippen LogP contribution in [0.5, 0.6) is 0 Å². The first-order valence-electron chi connectivity index (χ1n) is 9.55. The lowest BCUT2D eigenvalue weighted by molar-refractivity contribution is -0.186. The first kappa shape index (κ1) is 18.9. The van der Waals surface area contributed by atoms with Crippen molar-refractivity contribution in [1.82, 2.24) is 0 Å². The van der Waals surface area contributed by atoms with Gasteiger partial charge in [0.1, 0.15) is 0 Å². The topological polar surface area (TPSA) is 90.3 Å². The van der Waals surface area contributed by atoms with Crippen LogP contribution >= 0.6 is 0 Å². The lowest BCUT2D eigenvalue weighted by Crippen LogP contribution is -2.62. The van der Waals surface area contributed by atoms with Gasteiger partial charge in [0.25, 0.3) is 0 Å². The van der Waals surface area contributed by atoms with E-state index in [9.17, 15) is 15.0 Å². The first-order chi connectivity index (χ1) is 11.7. The summed E-state index contributed by atoms with van der Waals surface area (Å²) in [6.07, 6.45) is 6.18. The first-order valence-corrected chi connectivity index (χ1v) is 9.55. The van der Waals surface area contributed by atoms with E-state index in [-0.39, 0.29) is 29.1 Å². The molecule has 25 heavy (non-hydrogen) atoms. The number of aliphatic carboxylic acids is 1. The number of carboxylic acid groups (broad SMARTS) is 1. The molecule has 1 aliphatic heterocycles. The number of hydrogen-bond acceptors (Lipinski definition) is 4. The van der Waals surface area contributed by atoms with E-state index in [4.69, 9.17) is 9.84 Å². The maximum atomic E-state index is 11.0. The van der Waals surface area contributed by atoms with Crippen LogP contribution in [-0.4, -0.2) is 46.2 Å². The predicted molar refractivity (Wildman–Crippen MR) is 94.1 cm³/mol. The van der Waals surface area contributed by atoms with E-state index in [0.29, 0.717) is 23.8 Å². The number of carbonyl (C=O) groups is 1. The quantitative estimate of drug-likeness (QED) is 0.523. The number of rotatable bonds is 5. The van der Waals surface area contributed by atoms with Gasteiger partial charge in [0.05, 0.1) is 24.9 Å². The van der Waals surface area contributed by atoms with Crippen molar-refractivity contribution >= 4 is 5.97 Å². The largest absolute Gasteiger partial charge is 0.478 e. The number of fused-ring (bicyclic) bond motifs is 2. The molecule has 3 aliphatic rings. The smallest absolute Gasteiger partial charge is 0.328 e. The van der Waals surface area contributed by atoms with Gasteiger partial charge in [-0.1, -0.05) is 27.2 Å². The van der Waals surface area contributed by atoms with Crippen LogP contribution in [0, 0.1) is 22.7 Å². The molecule has 1 spiro atoms. The molecule has 0 amide bonds. The van der Waals surface area contributed by atoms with Crippen molar-refractivity contribution in [3.8, 4) is 0 Å². The third-order valence-electron chi connectivity index (χ3n) is 7.98. The number of aliphatic hydroxyl groups is 2. The summed E-state index contributed by atoms with van der Waals surface area (Å²) >= 11 is 0. The van der Waals surface area contributed by atoms with Gasteiger partial charge in [0.2, 0.25) is 0 Å². The fourth-order valence-corrected chi connectivity index (χ4v) is 5.99. The second-order valence-corrected chi connectivity index (χ2v) is 8.97. The van der Waals surface area contributed by atoms with E-state index in [1.165, 1.54) is 0 Å². The maximum absolute atomic E-state index is 11.0. The standard InChI is InChI=1S/C20H32O5/c1-13-9-16(22)19(3)15(5-4-7-20(19)12-25-20)18(13,2)8-6-14(11-21)10-17(23)24/h10,13,15-16,21-22H,4-9,11-12H2,1-3H3,(H,23,24)/b14-10+/t13-,15-,16+,18+,19+,20+/m1/s1. The number of aliphatic hydroxyl groups excluding tert-OH is 2. The van der Waals surface area contributed by atoms with Crippen molar-refractivity contribution in [3.05, 3.63) is 11.6 Å². The Morgan fingerprint density at radius 2 is 2.04 bits per heavy atom. The van der Waals surface area contributed by atoms with Gasteiger partial charge in [0.15, 0.2) is 0 Å². The van der Waals surface area contributed by atoms with E-state index in [1.807, 2.05) is 0 Å². The fraction of sp³-hybridized carbons (Fsp3) is 0.850. The Bertz CT molecular complexity index is 566. The second-order valence-electron chi connectivity index (χ2n) is 8.97. The van der Waals surface area contributed by atoms with Crippen LogP contribution in [-0.2, 0) is 9.53 Å². The minimum absolute atomic E-state index is 0.000112. The van der Waals surface area contributed by atoms with E-state index in [0.717, 1.165) is 44.8 Å². The summed E-state index contributed by atoms with van der Waals surface area (Å²) in [6.45, 7) is 7.25. The van der Waals surface area contributed by atoms with Gasteiger partial charge in [-0.25, -0.2) is 4.79 Å². The van der Waals surface area contributed by atoms with Crippen LogP contribution in [0.1, 0.15) is 59.3 Å². The molecule has 0 radical (unpaired) electrons. The molecule has 3 rings (SSSR count). The van der Waals surface area contributed by atoms with E-state index < -0.39 is 5.97 Å². The van der Waals surface area contributed by atoms with Gasteiger partial charge in [0, 0.05) is 11.5 Å². The summed E-state index contributed by atoms with van der Waals surface area (Å²) in [5.74, 6) is -0.312. The van der Waals surface area contributed by atoms with Gasteiger partial charge in [-0.2, -0.15) is 0 Å². The van der Waals surface area contributed by atoms with Crippen molar-refractivity contribution in [3.63, 3.8) is 0 Å². The van der Waals surface area contributed by atoms with Crippen LogP contribution in [0.2, 0.25) is 0 Å². The zero-order valence-electron chi connectivity index (χ0n) is 15.6. The van der Waals surface area contributed by atoms with Gasteiger partial charge >= 0.3 is 5.97 Å². The minimum atomic E-state index is -1.01. The fourth-order valence-electron chi connectivity index (χ4n) is 5.99. The third kappa shape index (κ3) is 2.84. The molecule has 0 aromatic heterocycles. The number of epoxide rings is 1. The summed E-state index contributed by atoms with van der Waals surface area (Å²) in [5.41, 5.74) is 0.178. The Morgan fingerprint density at radius 3 is 2.60 bits per heavy atom. The third-order valence-corrected chi connectivity index (χ3v) is 7.98. The van der Waals surface area contributed by atoms with Crippen molar-refractivity contribution in [2.45, 2.75) is 71.0 Å². The number of carboxylic acids is 1. The molecular formula is C20H32O5. The SMILES string of the molecule is C[C@@H]1C[C@H](O)[C@]2(C)[C@H](CCC[C@]23CO3)[C@@]1(C)CC/C(=C\C(=O)O)CO. The van der Waals surface area contributed by atoms with Crippen molar-refractivity contribution in [2.24, 2.45) is 22.7 Å². The molecule has 1 heterocycles. The Hall–Kier alpha value is -0.910. The molecule has 5 heteroatoms. The molecule has 0 aromatic carbocycles. The van der Waals surface area contributed by atoms with Crippen molar-refractivity contribution in [1.29, 1.82) is 0 Å². The average Bonchev–Trinajstić information content (AvgIpc) is 3.33. The molecule has 3 fully saturated rings. The highest BCUT2D eigenvalue weighted by atomic mass is 16.6. The zero-order chi connectivity index (χ0) is 18.5. The van der Waals surface area contributed by atoms with Gasteiger partial charge in [-0.15, -0.1) is 0 Å². The molecule has 142 valence electrons. The minimum Gasteiger partial charge on any atom is -0.478 e. The molecule has 6 atom stereocenters. The van der Waals surface area contributed by atoms with Gasteiger partial charge in [-0.05, 0) is 54.9 Å². The average molecular weight is 352 g/mol. The molecule has 2 saturated carbocycles. The predicted octanol–water partition coefficient (Wildman–Crippen LogP) is 2.75.